The highest BCUT2D eigenvalue weighted by Crippen LogP contribution is 2.20. The quantitative estimate of drug-likeness (QED) is 0.106. The Labute approximate surface area is 302 Å². The summed E-state index contributed by atoms with van der Waals surface area (Å²) in [6, 6.07) is 16.5. The van der Waals surface area contributed by atoms with Crippen LogP contribution in [0.2, 0.25) is 0 Å². The number of aromatic nitrogens is 2. The number of hydrogen-bond donors (Lipinski definition) is 5. The number of aliphatic hydroxyl groups excluding tert-OH is 2. The van der Waals surface area contributed by atoms with Crippen LogP contribution >= 0.6 is 11.3 Å². The monoisotopic (exact) mass is 720 g/mol. The highest BCUT2D eigenvalue weighted by molar-refractivity contribution is 7.09. The van der Waals surface area contributed by atoms with Gasteiger partial charge < -0.3 is 40.3 Å². The van der Waals surface area contributed by atoms with Crippen molar-refractivity contribution in [2.24, 2.45) is 5.92 Å². The summed E-state index contributed by atoms with van der Waals surface area (Å²) in [4.78, 5) is 46.1. The summed E-state index contributed by atoms with van der Waals surface area (Å²) in [5.74, 6) is -0.246. The Morgan fingerprint density at radius 3 is 1.96 bits per heavy atom. The number of carbonyl (C=O) groups excluding carboxylic acids is 3. The Bertz CT molecular complexity index is 1650. The van der Waals surface area contributed by atoms with Crippen molar-refractivity contribution in [1.82, 2.24) is 31.0 Å². The second kappa shape index (κ2) is 19.0. The molecule has 2 aromatic carbocycles. The van der Waals surface area contributed by atoms with E-state index in [0.717, 1.165) is 21.8 Å². The van der Waals surface area contributed by atoms with Gasteiger partial charge in [-0.1, -0.05) is 93.5 Å². The predicted molar refractivity (Wildman–Crippen MR) is 193 cm³/mol. The molecule has 0 aliphatic rings. The van der Waals surface area contributed by atoms with Crippen molar-refractivity contribution >= 4 is 29.4 Å². The zero-order valence-corrected chi connectivity index (χ0v) is 30.4. The summed E-state index contributed by atoms with van der Waals surface area (Å²) in [7, 11) is 1.63. The zero-order chi connectivity index (χ0) is 36.9. The van der Waals surface area contributed by atoms with Crippen molar-refractivity contribution in [1.29, 1.82) is 0 Å². The van der Waals surface area contributed by atoms with E-state index in [9.17, 15) is 24.6 Å². The molecule has 274 valence electrons. The van der Waals surface area contributed by atoms with E-state index in [0.29, 0.717) is 5.76 Å². The van der Waals surface area contributed by atoms with Crippen LogP contribution in [0.4, 0.5) is 9.59 Å². The van der Waals surface area contributed by atoms with E-state index >= 15 is 0 Å². The molecule has 2 heterocycles. The van der Waals surface area contributed by atoms with E-state index < -0.39 is 48.4 Å². The minimum atomic E-state index is -1.55. The number of benzene rings is 2. The topological polar surface area (TPSA) is 179 Å². The van der Waals surface area contributed by atoms with E-state index in [-0.39, 0.29) is 37.8 Å². The van der Waals surface area contributed by atoms with Crippen LogP contribution in [0.25, 0.3) is 0 Å². The molecule has 0 aliphatic heterocycles. The molecule has 0 unspecified atom stereocenters. The summed E-state index contributed by atoms with van der Waals surface area (Å²) >= 11 is 1.54. The van der Waals surface area contributed by atoms with Gasteiger partial charge >= 0.3 is 12.1 Å². The molecular weight excluding hydrogens is 673 g/mol. The molecule has 0 aliphatic carbocycles. The lowest BCUT2D eigenvalue weighted by Crippen LogP contribution is -2.60. The minimum absolute atomic E-state index is 0.150. The van der Waals surface area contributed by atoms with Crippen LogP contribution in [-0.4, -0.2) is 80.7 Å². The van der Waals surface area contributed by atoms with Crippen LogP contribution in [0.1, 0.15) is 61.2 Å². The average molecular weight is 721 g/mol. The van der Waals surface area contributed by atoms with Gasteiger partial charge in [-0.15, -0.1) is 11.3 Å². The normalized spacial score (nSPS) is 14.3. The maximum absolute atomic E-state index is 13.9. The first kappa shape index (κ1) is 39.0. The van der Waals surface area contributed by atoms with Crippen LogP contribution < -0.4 is 16.0 Å². The number of thiazole rings is 1. The van der Waals surface area contributed by atoms with Gasteiger partial charge in [-0.3, -0.25) is 4.79 Å². The molecule has 0 saturated carbocycles. The van der Waals surface area contributed by atoms with Crippen molar-refractivity contribution in [2.45, 2.75) is 89.9 Å². The number of urea groups is 1. The fourth-order valence-corrected chi connectivity index (χ4v) is 6.22. The van der Waals surface area contributed by atoms with Crippen molar-refractivity contribution in [3.05, 3.63) is 106 Å². The summed E-state index contributed by atoms with van der Waals surface area (Å²) in [5, 5.41) is 38.3. The number of aliphatic hydroxyl groups is 2. The van der Waals surface area contributed by atoms with Crippen molar-refractivity contribution in [3.8, 4) is 0 Å². The molecule has 4 amide bonds. The van der Waals surface area contributed by atoms with E-state index in [1.54, 1.807) is 24.5 Å². The van der Waals surface area contributed by atoms with Crippen LogP contribution in [0.3, 0.4) is 0 Å². The third-order valence-corrected chi connectivity index (χ3v) is 9.47. The van der Waals surface area contributed by atoms with E-state index in [1.807, 2.05) is 79.9 Å². The van der Waals surface area contributed by atoms with Crippen LogP contribution in [-0.2, 0) is 35.5 Å². The molecule has 0 bridgehead atoms. The second-order valence-corrected chi connectivity index (χ2v) is 14.0. The molecule has 2 aromatic heterocycles. The Hall–Kier alpha value is -4.79. The average Bonchev–Trinajstić information content (AvgIpc) is 3.82. The van der Waals surface area contributed by atoms with E-state index in [2.05, 4.69) is 39.9 Å². The number of carbonyl (C=O) groups is 3. The van der Waals surface area contributed by atoms with Gasteiger partial charge in [-0.25, -0.2) is 14.6 Å². The van der Waals surface area contributed by atoms with Gasteiger partial charge in [0.2, 0.25) is 5.91 Å². The maximum atomic E-state index is 13.9. The SMILES string of the molecule is CC(C)c1nc(CN(C)C(=O)N[C@H](C(=O)N[C@@H](Cc2ccccc2)[C@@H](O)[C@H](O)[C@H](Cc2ccccc2)NC(=O)OCc2ccno2)C(C)C)cs1. The summed E-state index contributed by atoms with van der Waals surface area (Å²) in [6.07, 6.45) is -2.22. The largest absolute Gasteiger partial charge is 0.441 e. The van der Waals surface area contributed by atoms with Crippen LogP contribution in [0, 0.1) is 5.92 Å². The third-order valence-electron chi connectivity index (χ3n) is 8.28. The lowest BCUT2D eigenvalue weighted by Gasteiger charge is -2.34. The number of amides is 4. The highest BCUT2D eigenvalue weighted by Gasteiger charge is 2.36. The van der Waals surface area contributed by atoms with Gasteiger partial charge in [0.15, 0.2) is 12.4 Å². The van der Waals surface area contributed by atoms with Gasteiger partial charge in [0, 0.05) is 24.4 Å². The molecule has 14 heteroatoms. The lowest BCUT2D eigenvalue weighted by molar-refractivity contribution is -0.126. The summed E-state index contributed by atoms with van der Waals surface area (Å²) in [6.45, 7) is 7.81. The molecule has 4 aromatic rings. The first-order valence-corrected chi connectivity index (χ1v) is 17.8. The second-order valence-electron chi connectivity index (χ2n) is 13.1. The van der Waals surface area contributed by atoms with Crippen molar-refractivity contribution in [2.75, 3.05) is 7.05 Å². The molecular formula is C37H48N6O7S. The van der Waals surface area contributed by atoms with Crippen molar-refractivity contribution in [3.63, 3.8) is 0 Å². The van der Waals surface area contributed by atoms with Gasteiger partial charge in [-0.05, 0) is 29.9 Å². The van der Waals surface area contributed by atoms with E-state index in [4.69, 9.17) is 9.26 Å². The maximum Gasteiger partial charge on any atom is 0.407 e. The first-order chi connectivity index (χ1) is 24.4. The molecule has 0 saturated heterocycles. The van der Waals surface area contributed by atoms with Crippen LogP contribution in [0.5, 0.6) is 0 Å². The minimum Gasteiger partial charge on any atom is -0.441 e. The lowest BCUT2D eigenvalue weighted by atomic mass is 9.90. The Balaban J connectivity index is 1.50. The number of hydrogen-bond acceptors (Lipinski definition) is 10. The van der Waals surface area contributed by atoms with Crippen LogP contribution in [0.15, 0.2) is 82.8 Å². The number of alkyl carbamates (subject to hydrolysis) is 1. The smallest absolute Gasteiger partial charge is 0.407 e. The predicted octanol–water partition coefficient (Wildman–Crippen LogP) is 4.41. The molecule has 5 N–H and O–H groups in total. The van der Waals surface area contributed by atoms with E-state index in [1.165, 1.54) is 11.1 Å². The van der Waals surface area contributed by atoms with Gasteiger partial charge in [0.05, 0.1) is 35.5 Å². The molecule has 0 radical (unpaired) electrons. The van der Waals surface area contributed by atoms with Gasteiger partial charge in [0.1, 0.15) is 18.2 Å². The number of nitrogens with zero attached hydrogens (tertiary/aromatic N) is 3. The molecule has 0 fully saturated rings. The first-order valence-electron chi connectivity index (χ1n) is 16.9. The standard InChI is InChI=1S/C37H48N6O7S/c1-23(2)31(42-36(47)43(5)20-27-22-51-35(39-27)24(3)4)34(46)40-29(18-25-12-8-6-9-13-25)32(44)33(45)30(19-26-14-10-7-11-15-26)41-37(48)49-21-28-16-17-38-50-28/h6-17,22-24,29-33,44-45H,18-21H2,1-5H3,(H,40,46)(H,41,48)(H,42,47)/t29-,30-,31-,32+,33+/m0/s1. The number of rotatable bonds is 17. The third kappa shape index (κ3) is 11.9. The molecule has 5 atom stereocenters. The highest BCUT2D eigenvalue weighted by atomic mass is 32.1. The summed E-state index contributed by atoms with van der Waals surface area (Å²) < 4.78 is 10.3. The molecule has 0 spiro atoms. The molecule has 51 heavy (non-hydrogen) atoms. The van der Waals surface area contributed by atoms with Crippen molar-refractivity contribution < 1.29 is 33.9 Å². The van der Waals surface area contributed by atoms with Gasteiger partial charge in [-0.2, -0.15) is 0 Å². The Morgan fingerprint density at radius 2 is 1.45 bits per heavy atom. The van der Waals surface area contributed by atoms with Gasteiger partial charge in [0.25, 0.3) is 0 Å². The number of ether oxygens (including phenoxy) is 1. The zero-order valence-electron chi connectivity index (χ0n) is 29.6. The Morgan fingerprint density at radius 1 is 0.863 bits per heavy atom. The fraction of sp³-hybridized carbons (Fsp3) is 0.432. The fourth-order valence-electron chi connectivity index (χ4n) is 5.40. The number of nitrogens with one attached hydrogen (secondary N) is 3. The molecule has 13 nitrogen and oxygen atoms in total. The molecule has 4 rings (SSSR count). The Kier molecular flexibility index (Phi) is 14.5. The summed E-state index contributed by atoms with van der Waals surface area (Å²) in [5.41, 5.74) is 2.34.